The van der Waals surface area contributed by atoms with Gasteiger partial charge in [0.05, 0.1) is 7.11 Å². The van der Waals surface area contributed by atoms with E-state index in [2.05, 4.69) is 37.4 Å². The Morgan fingerprint density at radius 3 is 2.65 bits per heavy atom. The zero-order valence-corrected chi connectivity index (χ0v) is 11.2. The number of benzene rings is 1. The van der Waals surface area contributed by atoms with Gasteiger partial charge in [0.25, 0.3) is 0 Å². The highest BCUT2D eigenvalue weighted by Gasteiger charge is 2.34. The number of nitrogens with one attached hydrogen (secondary N) is 1. The van der Waals surface area contributed by atoms with E-state index < -0.39 is 0 Å². The molecule has 1 aromatic carbocycles. The second-order valence-corrected chi connectivity index (χ2v) is 5.16. The fraction of sp³-hybridized carbons (Fsp3) is 0.600. The highest BCUT2D eigenvalue weighted by molar-refractivity contribution is 5.36. The number of hydrogen-bond acceptors (Lipinski definition) is 2. The van der Waals surface area contributed by atoms with Gasteiger partial charge in [0.15, 0.2) is 0 Å². The monoisotopic (exact) mass is 233 g/mol. The Hall–Kier alpha value is -1.02. The third-order valence-corrected chi connectivity index (χ3v) is 4.08. The van der Waals surface area contributed by atoms with E-state index in [1.807, 2.05) is 0 Å². The van der Waals surface area contributed by atoms with E-state index in [0.717, 1.165) is 12.3 Å². The Labute approximate surface area is 104 Å². The van der Waals surface area contributed by atoms with Gasteiger partial charge >= 0.3 is 0 Å². The molecular weight excluding hydrogens is 210 g/mol. The highest BCUT2D eigenvalue weighted by Crippen LogP contribution is 2.35. The van der Waals surface area contributed by atoms with Crippen LogP contribution in [0.25, 0.3) is 0 Å². The van der Waals surface area contributed by atoms with Crippen LogP contribution in [0, 0.1) is 6.92 Å². The Bertz CT molecular complexity index is 377. The quantitative estimate of drug-likeness (QED) is 0.841. The lowest BCUT2D eigenvalue weighted by Crippen LogP contribution is -2.49. The van der Waals surface area contributed by atoms with E-state index >= 15 is 0 Å². The molecule has 0 saturated heterocycles. The van der Waals surface area contributed by atoms with Gasteiger partial charge in [-0.2, -0.15) is 0 Å². The van der Waals surface area contributed by atoms with Gasteiger partial charge in [-0.25, -0.2) is 0 Å². The molecule has 0 aliphatic heterocycles. The molecule has 1 saturated carbocycles. The summed E-state index contributed by atoms with van der Waals surface area (Å²) in [5, 5.41) is 3.72. The van der Waals surface area contributed by atoms with Crippen LogP contribution in [-0.2, 0) is 6.54 Å². The molecule has 0 unspecified atom stereocenters. The standard InChI is InChI=1S/C15H23NO/c1-4-15(8-5-9-15)16-11-13-10-12(2)6-7-14(13)17-3/h6-7,10,16H,4-5,8-9,11H2,1-3H3. The van der Waals surface area contributed by atoms with Gasteiger partial charge < -0.3 is 10.1 Å². The zero-order chi connectivity index (χ0) is 12.3. The van der Waals surface area contributed by atoms with Crippen molar-refractivity contribution >= 4 is 0 Å². The third kappa shape index (κ3) is 2.63. The van der Waals surface area contributed by atoms with Crippen LogP contribution in [0.3, 0.4) is 0 Å². The Kier molecular flexibility index (Phi) is 3.72. The van der Waals surface area contributed by atoms with Crippen LogP contribution in [0.4, 0.5) is 0 Å². The summed E-state index contributed by atoms with van der Waals surface area (Å²) in [6.07, 6.45) is 5.22. The van der Waals surface area contributed by atoms with E-state index in [1.54, 1.807) is 7.11 Å². The SMILES string of the molecule is CCC1(NCc2cc(C)ccc2OC)CCC1. The summed E-state index contributed by atoms with van der Waals surface area (Å²) in [7, 11) is 1.74. The highest BCUT2D eigenvalue weighted by atomic mass is 16.5. The van der Waals surface area contributed by atoms with Gasteiger partial charge in [-0.1, -0.05) is 24.6 Å². The van der Waals surface area contributed by atoms with Crippen molar-refractivity contribution in [3.05, 3.63) is 29.3 Å². The van der Waals surface area contributed by atoms with Gasteiger partial charge in [-0.05, 0) is 38.7 Å². The molecule has 0 atom stereocenters. The molecule has 1 aliphatic rings. The van der Waals surface area contributed by atoms with Crippen molar-refractivity contribution in [1.29, 1.82) is 0 Å². The molecule has 17 heavy (non-hydrogen) atoms. The number of ether oxygens (including phenoxy) is 1. The molecule has 0 amide bonds. The van der Waals surface area contributed by atoms with Crippen molar-refractivity contribution in [2.75, 3.05) is 7.11 Å². The number of hydrogen-bond donors (Lipinski definition) is 1. The summed E-state index contributed by atoms with van der Waals surface area (Å²) in [6, 6.07) is 6.38. The van der Waals surface area contributed by atoms with E-state index in [1.165, 1.54) is 36.8 Å². The van der Waals surface area contributed by atoms with Crippen molar-refractivity contribution in [3.63, 3.8) is 0 Å². The molecule has 1 N–H and O–H groups in total. The molecule has 0 heterocycles. The average molecular weight is 233 g/mol. The molecule has 0 spiro atoms. The molecule has 1 aliphatic carbocycles. The minimum Gasteiger partial charge on any atom is -0.496 e. The maximum absolute atomic E-state index is 5.41. The van der Waals surface area contributed by atoms with Gasteiger partial charge in [-0.15, -0.1) is 0 Å². The van der Waals surface area contributed by atoms with Crippen molar-refractivity contribution in [2.24, 2.45) is 0 Å². The largest absolute Gasteiger partial charge is 0.496 e. The second-order valence-electron chi connectivity index (χ2n) is 5.16. The Morgan fingerprint density at radius 1 is 1.35 bits per heavy atom. The summed E-state index contributed by atoms with van der Waals surface area (Å²) in [5.41, 5.74) is 2.96. The third-order valence-electron chi connectivity index (χ3n) is 4.08. The topological polar surface area (TPSA) is 21.3 Å². The van der Waals surface area contributed by atoms with Gasteiger partial charge in [0.1, 0.15) is 5.75 Å². The lowest BCUT2D eigenvalue weighted by atomic mass is 9.75. The number of methoxy groups -OCH3 is 1. The van der Waals surface area contributed by atoms with Crippen LogP contribution in [0.5, 0.6) is 5.75 Å². The normalized spacial score (nSPS) is 17.6. The van der Waals surface area contributed by atoms with Crippen LogP contribution in [-0.4, -0.2) is 12.6 Å². The maximum atomic E-state index is 5.41. The summed E-state index contributed by atoms with van der Waals surface area (Å²) in [4.78, 5) is 0. The molecule has 0 bridgehead atoms. The molecular formula is C15H23NO. The van der Waals surface area contributed by atoms with E-state index in [0.29, 0.717) is 5.54 Å². The predicted molar refractivity (Wildman–Crippen MR) is 71.4 cm³/mol. The van der Waals surface area contributed by atoms with Crippen LogP contribution >= 0.6 is 0 Å². The summed E-state index contributed by atoms with van der Waals surface area (Å²) in [5.74, 6) is 0.994. The summed E-state index contributed by atoms with van der Waals surface area (Å²) >= 11 is 0. The fourth-order valence-corrected chi connectivity index (χ4v) is 2.59. The first-order chi connectivity index (χ1) is 8.19. The first-order valence-corrected chi connectivity index (χ1v) is 6.58. The summed E-state index contributed by atoms with van der Waals surface area (Å²) < 4.78 is 5.41. The zero-order valence-electron chi connectivity index (χ0n) is 11.2. The van der Waals surface area contributed by atoms with Crippen molar-refractivity contribution in [2.45, 2.75) is 51.6 Å². The lowest BCUT2D eigenvalue weighted by molar-refractivity contribution is 0.175. The molecule has 2 rings (SSSR count). The van der Waals surface area contributed by atoms with Crippen molar-refractivity contribution in [3.8, 4) is 5.75 Å². The Morgan fingerprint density at radius 2 is 2.12 bits per heavy atom. The van der Waals surface area contributed by atoms with Crippen LogP contribution in [0.1, 0.15) is 43.7 Å². The van der Waals surface area contributed by atoms with Gasteiger partial charge in [0.2, 0.25) is 0 Å². The minimum absolute atomic E-state index is 0.398. The predicted octanol–water partition coefficient (Wildman–Crippen LogP) is 3.43. The van der Waals surface area contributed by atoms with Gasteiger partial charge in [0, 0.05) is 17.6 Å². The lowest BCUT2D eigenvalue weighted by Gasteiger charge is -2.42. The fourth-order valence-electron chi connectivity index (χ4n) is 2.59. The molecule has 94 valence electrons. The van der Waals surface area contributed by atoms with Crippen LogP contribution < -0.4 is 10.1 Å². The summed E-state index contributed by atoms with van der Waals surface area (Å²) in [6.45, 7) is 5.32. The second kappa shape index (κ2) is 5.09. The maximum Gasteiger partial charge on any atom is 0.123 e. The molecule has 2 heteroatoms. The van der Waals surface area contributed by atoms with E-state index in [-0.39, 0.29) is 0 Å². The van der Waals surface area contributed by atoms with E-state index in [4.69, 9.17) is 4.74 Å². The van der Waals surface area contributed by atoms with Gasteiger partial charge in [-0.3, -0.25) is 0 Å². The molecule has 0 aromatic heterocycles. The molecule has 1 fully saturated rings. The number of rotatable bonds is 5. The van der Waals surface area contributed by atoms with Crippen LogP contribution in [0.2, 0.25) is 0 Å². The number of aryl methyl sites for hydroxylation is 1. The van der Waals surface area contributed by atoms with E-state index in [9.17, 15) is 0 Å². The molecule has 1 aromatic rings. The average Bonchev–Trinajstić information content (AvgIpc) is 2.28. The molecule has 0 radical (unpaired) electrons. The van der Waals surface area contributed by atoms with Crippen LogP contribution in [0.15, 0.2) is 18.2 Å². The Balaban J connectivity index is 2.05. The van der Waals surface area contributed by atoms with Crippen molar-refractivity contribution < 1.29 is 4.74 Å². The smallest absolute Gasteiger partial charge is 0.123 e. The molecule has 2 nitrogen and oxygen atoms in total. The van der Waals surface area contributed by atoms with Crippen molar-refractivity contribution in [1.82, 2.24) is 5.32 Å². The minimum atomic E-state index is 0.398. The first-order valence-electron chi connectivity index (χ1n) is 6.58. The first kappa shape index (κ1) is 12.4.